The quantitative estimate of drug-likeness (QED) is 0.730. The first-order chi connectivity index (χ1) is 10.3. The van der Waals surface area contributed by atoms with Gasteiger partial charge in [-0.1, -0.05) is 24.3 Å². The standard InChI is InChI=1S/C16H20N4O/c1-3-10-18-16-19-12-9-15(20-16)17-11-8-13-6-4-5-7-14(13)21-2/h3-7,9,12H,1,8,10-11H2,2H3,(H2,17,18,19,20). The minimum Gasteiger partial charge on any atom is -0.496 e. The maximum Gasteiger partial charge on any atom is 0.224 e. The van der Waals surface area contributed by atoms with E-state index in [1.54, 1.807) is 19.4 Å². The van der Waals surface area contributed by atoms with E-state index in [0.717, 1.165) is 24.5 Å². The molecule has 0 saturated heterocycles. The van der Waals surface area contributed by atoms with Crippen LogP contribution in [0.5, 0.6) is 5.75 Å². The van der Waals surface area contributed by atoms with Crippen LogP contribution in [0.25, 0.3) is 0 Å². The van der Waals surface area contributed by atoms with E-state index in [9.17, 15) is 0 Å². The predicted octanol–water partition coefficient (Wildman–Crippen LogP) is 2.74. The number of hydrogen-bond acceptors (Lipinski definition) is 5. The van der Waals surface area contributed by atoms with Crippen LogP contribution in [0.4, 0.5) is 11.8 Å². The lowest BCUT2D eigenvalue weighted by Gasteiger charge is -2.10. The molecule has 0 atom stereocenters. The minimum atomic E-state index is 0.595. The van der Waals surface area contributed by atoms with Crippen LogP contribution in [-0.2, 0) is 6.42 Å². The number of hydrogen-bond donors (Lipinski definition) is 2. The number of nitrogens with zero attached hydrogens (tertiary/aromatic N) is 2. The first-order valence-corrected chi connectivity index (χ1v) is 6.87. The molecule has 110 valence electrons. The molecule has 0 amide bonds. The van der Waals surface area contributed by atoms with E-state index in [2.05, 4.69) is 33.2 Å². The van der Waals surface area contributed by atoms with Crippen molar-refractivity contribution in [2.24, 2.45) is 0 Å². The Kier molecular flexibility index (Phi) is 5.58. The van der Waals surface area contributed by atoms with E-state index < -0.39 is 0 Å². The molecule has 2 N–H and O–H groups in total. The average Bonchev–Trinajstić information content (AvgIpc) is 2.54. The summed E-state index contributed by atoms with van der Waals surface area (Å²) >= 11 is 0. The summed E-state index contributed by atoms with van der Waals surface area (Å²) in [7, 11) is 1.69. The lowest BCUT2D eigenvalue weighted by Crippen LogP contribution is -2.09. The second-order valence-corrected chi connectivity index (χ2v) is 4.42. The van der Waals surface area contributed by atoms with E-state index in [-0.39, 0.29) is 0 Å². The van der Waals surface area contributed by atoms with Crippen LogP contribution in [0, 0.1) is 0 Å². The topological polar surface area (TPSA) is 59.1 Å². The molecule has 0 aliphatic rings. The Balaban J connectivity index is 1.89. The maximum absolute atomic E-state index is 5.34. The number of anilines is 2. The Hall–Kier alpha value is -2.56. The Morgan fingerprint density at radius 2 is 2.10 bits per heavy atom. The zero-order chi connectivity index (χ0) is 14.9. The van der Waals surface area contributed by atoms with Crippen molar-refractivity contribution in [1.82, 2.24) is 9.97 Å². The van der Waals surface area contributed by atoms with Gasteiger partial charge < -0.3 is 15.4 Å². The molecule has 1 aromatic carbocycles. The molecule has 0 radical (unpaired) electrons. The molecule has 2 aromatic rings. The van der Waals surface area contributed by atoms with Crippen molar-refractivity contribution in [3.8, 4) is 5.75 Å². The molecule has 21 heavy (non-hydrogen) atoms. The van der Waals surface area contributed by atoms with Crippen LogP contribution in [-0.4, -0.2) is 30.2 Å². The van der Waals surface area contributed by atoms with Gasteiger partial charge >= 0.3 is 0 Å². The molecule has 5 nitrogen and oxygen atoms in total. The Morgan fingerprint density at radius 3 is 2.90 bits per heavy atom. The molecule has 0 saturated carbocycles. The molecule has 0 fully saturated rings. The van der Waals surface area contributed by atoms with Crippen molar-refractivity contribution in [3.05, 3.63) is 54.7 Å². The highest BCUT2D eigenvalue weighted by atomic mass is 16.5. The van der Waals surface area contributed by atoms with Crippen LogP contribution in [0.2, 0.25) is 0 Å². The molecular formula is C16H20N4O. The Labute approximate surface area is 125 Å². The van der Waals surface area contributed by atoms with E-state index in [1.807, 2.05) is 24.3 Å². The molecule has 0 spiro atoms. The SMILES string of the molecule is C=CCNc1nccc(NCCc2ccccc2OC)n1. The predicted molar refractivity (Wildman–Crippen MR) is 85.9 cm³/mol. The van der Waals surface area contributed by atoms with E-state index in [0.29, 0.717) is 12.5 Å². The number of rotatable bonds is 8. The van der Waals surface area contributed by atoms with Gasteiger partial charge in [0.2, 0.25) is 5.95 Å². The second-order valence-electron chi connectivity index (χ2n) is 4.42. The van der Waals surface area contributed by atoms with Crippen molar-refractivity contribution in [3.63, 3.8) is 0 Å². The number of methoxy groups -OCH3 is 1. The van der Waals surface area contributed by atoms with Gasteiger partial charge in [-0.25, -0.2) is 4.98 Å². The summed E-state index contributed by atoms with van der Waals surface area (Å²) in [5, 5.41) is 6.35. The van der Waals surface area contributed by atoms with Gasteiger partial charge in [-0.3, -0.25) is 0 Å². The third kappa shape index (κ3) is 4.49. The van der Waals surface area contributed by atoms with E-state index >= 15 is 0 Å². The van der Waals surface area contributed by atoms with E-state index in [4.69, 9.17) is 4.74 Å². The number of aromatic nitrogens is 2. The summed E-state index contributed by atoms with van der Waals surface area (Å²) in [6.45, 7) is 5.07. The van der Waals surface area contributed by atoms with Gasteiger partial charge in [0.05, 0.1) is 7.11 Å². The summed E-state index contributed by atoms with van der Waals surface area (Å²) in [6.07, 6.45) is 4.36. The Morgan fingerprint density at radius 1 is 1.24 bits per heavy atom. The van der Waals surface area contributed by atoms with Crippen molar-refractivity contribution in [2.45, 2.75) is 6.42 Å². The van der Waals surface area contributed by atoms with Crippen molar-refractivity contribution >= 4 is 11.8 Å². The molecule has 1 heterocycles. The fraction of sp³-hybridized carbons (Fsp3) is 0.250. The normalized spacial score (nSPS) is 9.95. The fourth-order valence-electron chi connectivity index (χ4n) is 1.94. The number of nitrogens with one attached hydrogen (secondary N) is 2. The molecule has 0 aliphatic heterocycles. The third-order valence-corrected chi connectivity index (χ3v) is 2.95. The third-order valence-electron chi connectivity index (χ3n) is 2.95. The van der Waals surface area contributed by atoms with Gasteiger partial charge in [0.15, 0.2) is 0 Å². The number of benzene rings is 1. The van der Waals surface area contributed by atoms with Crippen LogP contribution >= 0.6 is 0 Å². The van der Waals surface area contributed by atoms with Gasteiger partial charge in [0.25, 0.3) is 0 Å². The first kappa shape index (κ1) is 14.8. The molecule has 2 rings (SSSR count). The first-order valence-electron chi connectivity index (χ1n) is 6.87. The number of ether oxygens (including phenoxy) is 1. The summed E-state index contributed by atoms with van der Waals surface area (Å²) in [5.74, 6) is 2.30. The Bertz CT molecular complexity index is 586. The van der Waals surface area contributed by atoms with Gasteiger partial charge in [0.1, 0.15) is 11.6 Å². The van der Waals surface area contributed by atoms with Crippen molar-refractivity contribution < 1.29 is 4.74 Å². The van der Waals surface area contributed by atoms with Gasteiger partial charge in [-0.2, -0.15) is 4.98 Å². The maximum atomic E-state index is 5.34. The van der Waals surface area contributed by atoms with Gasteiger partial charge in [0, 0.05) is 19.3 Å². The van der Waals surface area contributed by atoms with Crippen LogP contribution < -0.4 is 15.4 Å². The minimum absolute atomic E-state index is 0.595. The molecule has 5 heteroatoms. The summed E-state index contributed by atoms with van der Waals surface area (Å²) < 4.78 is 5.34. The molecule has 0 aliphatic carbocycles. The average molecular weight is 284 g/mol. The number of para-hydroxylation sites is 1. The molecule has 0 bridgehead atoms. The summed E-state index contributed by atoms with van der Waals surface area (Å²) in [6, 6.07) is 9.87. The highest BCUT2D eigenvalue weighted by Crippen LogP contribution is 2.17. The zero-order valence-corrected chi connectivity index (χ0v) is 12.2. The second kappa shape index (κ2) is 7.89. The largest absolute Gasteiger partial charge is 0.496 e. The van der Waals surface area contributed by atoms with Crippen molar-refractivity contribution in [2.75, 3.05) is 30.8 Å². The summed E-state index contributed by atoms with van der Waals surface area (Å²) in [4.78, 5) is 8.51. The van der Waals surface area contributed by atoms with Crippen molar-refractivity contribution in [1.29, 1.82) is 0 Å². The molecule has 1 aromatic heterocycles. The highest BCUT2D eigenvalue weighted by Gasteiger charge is 2.02. The molecule has 0 unspecified atom stereocenters. The van der Waals surface area contributed by atoms with Crippen LogP contribution in [0.1, 0.15) is 5.56 Å². The highest BCUT2D eigenvalue weighted by molar-refractivity contribution is 5.40. The summed E-state index contributed by atoms with van der Waals surface area (Å²) in [5.41, 5.74) is 1.17. The smallest absolute Gasteiger partial charge is 0.224 e. The monoisotopic (exact) mass is 284 g/mol. The molecular weight excluding hydrogens is 264 g/mol. The zero-order valence-electron chi connectivity index (χ0n) is 12.2. The van der Waals surface area contributed by atoms with Crippen LogP contribution in [0.3, 0.4) is 0 Å². The lowest BCUT2D eigenvalue weighted by atomic mass is 10.1. The lowest BCUT2D eigenvalue weighted by molar-refractivity contribution is 0.410. The van der Waals surface area contributed by atoms with Crippen LogP contribution in [0.15, 0.2) is 49.2 Å². The van der Waals surface area contributed by atoms with E-state index in [1.165, 1.54) is 5.56 Å². The fourth-order valence-corrected chi connectivity index (χ4v) is 1.94. The van der Waals surface area contributed by atoms with Gasteiger partial charge in [-0.15, -0.1) is 6.58 Å². The van der Waals surface area contributed by atoms with Gasteiger partial charge in [-0.05, 0) is 24.1 Å².